The first-order valence-electron chi connectivity index (χ1n) is 8.98. The number of aromatic nitrogens is 1. The minimum absolute atomic E-state index is 0.0140. The highest BCUT2D eigenvalue weighted by molar-refractivity contribution is 5.95. The van der Waals surface area contributed by atoms with Crippen molar-refractivity contribution >= 4 is 11.8 Å². The monoisotopic (exact) mass is 355 g/mol. The van der Waals surface area contributed by atoms with Crippen LogP contribution in [0, 0.1) is 0 Å². The van der Waals surface area contributed by atoms with Crippen molar-refractivity contribution < 1.29 is 14.3 Å². The summed E-state index contributed by atoms with van der Waals surface area (Å²) >= 11 is 0. The zero-order chi connectivity index (χ0) is 18.5. The average Bonchev–Trinajstić information content (AvgIpc) is 3.20. The molecule has 0 bridgehead atoms. The van der Waals surface area contributed by atoms with Gasteiger partial charge in [-0.15, -0.1) is 0 Å². The number of aromatic amines is 1. The number of ether oxygens (including phenoxy) is 1. The van der Waals surface area contributed by atoms with Crippen LogP contribution in [0.1, 0.15) is 28.4 Å². The lowest BCUT2D eigenvalue weighted by molar-refractivity contribution is -0.131. The third kappa shape index (κ3) is 3.90. The molecule has 1 aromatic carbocycles. The molecule has 6 heteroatoms. The zero-order valence-corrected chi connectivity index (χ0v) is 15.3. The number of rotatable bonds is 5. The molecule has 138 valence electrons. The average molecular weight is 355 g/mol. The molecule has 2 heterocycles. The molecule has 26 heavy (non-hydrogen) atoms. The maximum absolute atomic E-state index is 12.8. The van der Waals surface area contributed by atoms with Gasteiger partial charge in [0.25, 0.3) is 5.91 Å². The fraction of sp³-hybridized carbons (Fsp3) is 0.400. The normalized spacial score (nSPS) is 14.4. The number of benzene rings is 1. The predicted octanol–water partition coefficient (Wildman–Crippen LogP) is 2.11. The Hall–Kier alpha value is -2.76. The number of nitrogens with one attached hydrogen (secondary N) is 1. The molecule has 1 fully saturated rings. The summed E-state index contributed by atoms with van der Waals surface area (Å²) in [6, 6.07) is 7.48. The Balaban J connectivity index is 1.59. The molecule has 0 aliphatic carbocycles. The first-order valence-corrected chi connectivity index (χ1v) is 8.98. The van der Waals surface area contributed by atoms with Gasteiger partial charge in [0.1, 0.15) is 5.75 Å². The van der Waals surface area contributed by atoms with Crippen LogP contribution in [-0.4, -0.2) is 59.9 Å². The highest BCUT2D eigenvalue weighted by Crippen LogP contribution is 2.21. The molecule has 1 saturated heterocycles. The lowest BCUT2D eigenvalue weighted by Gasteiger charge is -2.35. The largest absolute Gasteiger partial charge is 0.496 e. The number of amides is 2. The van der Waals surface area contributed by atoms with Crippen molar-refractivity contribution in [2.75, 3.05) is 33.3 Å². The van der Waals surface area contributed by atoms with Crippen molar-refractivity contribution in [3.63, 3.8) is 0 Å². The second-order valence-electron chi connectivity index (χ2n) is 6.45. The number of carbonyl (C=O) groups excluding carboxylic acids is 2. The van der Waals surface area contributed by atoms with Crippen LogP contribution in [0.5, 0.6) is 5.75 Å². The number of methoxy groups -OCH3 is 1. The summed E-state index contributed by atoms with van der Waals surface area (Å²) in [7, 11) is 1.64. The standard InChI is InChI=1S/C20H25N3O3/c1-3-16-13-17(4-5-18(16)26-2)20(25)23-10-8-22(9-11-23)19(24)12-15-6-7-21-14-15/h4-7,13-14,21H,3,8-12H2,1-2H3. The van der Waals surface area contributed by atoms with E-state index in [2.05, 4.69) is 4.98 Å². The first-order chi connectivity index (χ1) is 12.6. The van der Waals surface area contributed by atoms with Crippen molar-refractivity contribution in [2.24, 2.45) is 0 Å². The summed E-state index contributed by atoms with van der Waals surface area (Å²) in [4.78, 5) is 31.8. The fourth-order valence-electron chi connectivity index (χ4n) is 3.28. The summed E-state index contributed by atoms with van der Waals surface area (Å²) < 4.78 is 5.33. The molecule has 1 aliphatic heterocycles. The Bertz CT molecular complexity index is 763. The Morgan fingerprint density at radius 2 is 1.85 bits per heavy atom. The van der Waals surface area contributed by atoms with Gasteiger partial charge in [-0.25, -0.2) is 0 Å². The number of aryl methyl sites for hydroxylation is 1. The predicted molar refractivity (Wildman–Crippen MR) is 99.4 cm³/mol. The van der Waals surface area contributed by atoms with Crippen LogP contribution in [0.25, 0.3) is 0 Å². The number of hydrogen-bond donors (Lipinski definition) is 1. The Morgan fingerprint density at radius 3 is 2.46 bits per heavy atom. The number of nitrogens with zero attached hydrogens (tertiary/aromatic N) is 2. The molecular formula is C20H25N3O3. The van der Waals surface area contributed by atoms with Crippen molar-refractivity contribution in [2.45, 2.75) is 19.8 Å². The summed E-state index contributed by atoms with van der Waals surface area (Å²) in [6.07, 6.45) is 4.87. The third-order valence-electron chi connectivity index (χ3n) is 4.85. The van der Waals surface area contributed by atoms with Crippen molar-refractivity contribution in [1.29, 1.82) is 0 Å². The molecule has 2 aromatic rings. The van der Waals surface area contributed by atoms with Crippen LogP contribution in [0.2, 0.25) is 0 Å². The number of hydrogen-bond acceptors (Lipinski definition) is 3. The third-order valence-corrected chi connectivity index (χ3v) is 4.85. The second-order valence-corrected chi connectivity index (χ2v) is 6.45. The molecule has 6 nitrogen and oxygen atoms in total. The van der Waals surface area contributed by atoms with Gasteiger partial charge in [0.2, 0.25) is 5.91 Å². The van der Waals surface area contributed by atoms with Crippen LogP contribution >= 0.6 is 0 Å². The smallest absolute Gasteiger partial charge is 0.253 e. The zero-order valence-electron chi connectivity index (χ0n) is 15.3. The maximum atomic E-state index is 12.8. The van der Waals surface area contributed by atoms with Crippen LogP contribution in [0.3, 0.4) is 0 Å². The first kappa shape index (κ1) is 18.0. The lowest BCUT2D eigenvalue weighted by Crippen LogP contribution is -2.51. The van der Waals surface area contributed by atoms with E-state index in [1.165, 1.54) is 0 Å². The van der Waals surface area contributed by atoms with Crippen LogP contribution in [0.4, 0.5) is 0 Å². The molecule has 0 atom stereocenters. The Labute approximate surface area is 153 Å². The number of piperazine rings is 1. The van der Waals surface area contributed by atoms with Crippen molar-refractivity contribution in [1.82, 2.24) is 14.8 Å². The van der Waals surface area contributed by atoms with Crippen molar-refractivity contribution in [3.05, 3.63) is 53.3 Å². The van der Waals surface area contributed by atoms with E-state index in [-0.39, 0.29) is 11.8 Å². The molecule has 3 rings (SSSR count). The van der Waals surface area contributed by atoms with Crippen LogP contribution < -0.4 is 4.74 Å². The van der Waals surface area contributed by atoms with Gasteiger partial charge in [-0.3, -0.25) is 9.59 Å². The molecule has 2 amide bonds. The molecule has 1 aromatic heterocycles. The van der Waals surface area contributed by atoms with E-state index in [1.807, 2.05) is 53.4 Å². The van der Waals surface area contributed by atoms with Gasteiger partial charge in [-0.1, -0.05) is 6.92 Å². The van der Waals surface area contributed by atoms with Gasteiger partial charge in [0.05, 0.1) is 13.5 Å². The molecule has 0 unspecified atom stereocenters. The van der Waals surface area contributed by atoms with Crippen molar-refractivity contribution in [3.8, 4) is 5.75 Å². The molecular weight excluding hydrogens is 330 g/mol. The molecule has 0 radical (unpaired) electrons. The minimum atomic E-state index is 0.0140. The van der Waals surface area contributed by atoms with E-state index in [0.29, 0.717) is 38.2 Å². The molecule has 1 N–H and O–H groups in total. The maximum Gasteiger partial charge on any atom is 0.253 e. The van der Waals surface area contributed by atoms with Gasteiger partial charge < -0.3 is 19.5 Å². The van der Waals surface area contributed by atoms with E-state index >= 15 is 0 Å². The summed E-state index contributed by atoms with van der Waals surface area (Å²) in [6.45, 7) is 4.31. The molecule has 1 aliphatic rings. The highest BCUT2D eigenvalue weighted by Gasteiger charge is 2.25. The van der Waals surface area contributed by atoms with E-state index in [4.69, 9.17) is 4.74 Å². The minimum Gasteiger partial charge on any atom is -0.496 e. The SMILES string of the molecule is CCc1cc(C(=O)N2CCN(C(=O)Cc3cc[nH]c3)CC2)ccc1OC. The van der Waals surface area contributed by atoms with Gasteiger partial charge in [-0.2, -0.15) is 0 Å². The van der Waals surface area contributed by atoms with E-state index in [0.717, 1.165) is 23.3 Å². The van der Waals surface area contributed by atoms with Crippen LogP contribution in [0.15, 0.2) is 36.7 Å². The summed E-state index contributed by atoms with van der Waals surface area (Å²) in [5, 5.41) is 0. The summed E-state index contributed by atoms with van der Waals surface area (Å²) in [5.74, 6) is 0.929. The second kappa shape index (κ2) is 8.08. The van der Waals surface area contributed by atoms with Gasteiger partial charge >= 0.3 is 0 Å². The topological polar surface area (TPSA) is 65.6 Å². The quantitative estimate of drug-likeness (QED) is 0.893. The van der Waals surface area contributed by atoms with E-state index in [1.54, 1.807) is 7.11 Å². The summed E-state index contributed by atoms with van der Waals surface area (Å²) in [5.41, 5.74) is 2.69. The Kier molecular flexibility index (Phi) is 5.61. The van der Waals surface area contributed by atoms with Gasteiger partial charge in [-0.05, 0) is 41.8 Å². The Morgan fingerprint density at radius 1 is 1.12 bits per heavy atom. The van der Waals surface area contributed by atoms with E-state index < -0.39 is 0 Å². The van der Waals surface area contributed by atoms with Gasteiger partial charge in [0.15, 0.2) is 0 Å². The van der Waals surface area contributed by atoms with Crippen LogP contribution in [-0.2, 0) is 17.6 Å². The lowest BCUT2D eigenvalue weighted by atomic mass is 10.1. The number of carbonyl (C=O) groups is 2. The highest BCUT2D eigenvalue weighted by atomic mass is 16.5. The fourth-order valence-corrected chi connectivity index (χ4v) is 3.28. The number of H-pyrrole nitrogens is 1. The van der Waals surface area contributed by atoms with Gasteiger partial charge in [0, 0.05) is 44.1 Å². The molecule has 0 spiro atoms. The molecule has 0 saturated carbocycles. The van der Waals surface area contributed by atoms with E-state index in [9.17, 15) is 9.59 Å².